The molecule has 0 bridgehead atoms. The highest BCUT2D eigenvalue weighted by molar-refractivity contribution is 5.31. The van der Waals surface area contributed by atoms with Crippen LogP contribution >= 0.6 is 0 Å². The molecule has 0 N–H and O–H groups in total. The predicted octanol–water partition coefficient (Wildman–Crippen LogP) is 2.13. The zero-order valence-corrected chi connectivity index (χ0v) is 11.8. The van der Waals surface area contributed by atoms with Gasteiger partial charge < -0.3 is 9.13 Å². The van der Waals surface area contributed by atoms with Gasteiger partial charge in [0.05, 0.1) is 18.1 Å². The van der Waals surface area contributed by atoms with Crippen LogP contribution in [0.5, 0.6) is 0 Å². The molecule has 5 nitrogen and oxygen atoms in total. The van der Waals surface area contributed by atoms with Crippen molar-refractivity contribution in [2.75, 3.05) is 0 Å². The molecule has 2 heterocycles. The van der Waals surface area contributed by atoms with Gasteiger partial charge in [-0.2, -0.15) is 5.26 Å². The second kappa shape index (κ2) is 5.63. The van der Waals surface area contributed by atoms with Gasteiger partial charge >= 0.3 is 0 Å². The maximum Gasteiger partial charge on any atom is 0.116 e. The van der Waals surface area contributed by atoms with Crippen molar-refractivity contribution in [2.24, 2.45) is 7.05 Å². The lowest BCUT2D eigenvalue weighted by Crippen LogP contribution is -2.08. The van der Waals surface area contributed by atoms with Gasteiger partial charge in [0.25, 0.3) is 0 Å². The number of aryl methyl sites for hydroxylation is 1. The largest absolute Gasteiger partial charge is 0.338 e. The minimum atomic E-state index is 0.678. The van der Waals surface area contributed by atoms with E-state index in [1.165, 1.54) is 0 Å². The van der Waals surface area contributed by atoms with Gasteiger partial charge in [0.2, 0.25) is 0 Å². The average Bonchev–Trinajstić information content (AvgIpc) is 3.11. The Bertz CT molecular complexity index is 774. The molecule has 3 rings (SSSR count). The highest BCUT2D eigenvalue weighted by Crippen LogP contribution is 2.10. The molecular formula is C16H15N5. The van der Waals surface area contributed by atoms with Gasteiger partial charge in [0, 0.05) is 38.4 Å². The highest BCUT2D eigenvalue weighted by atomic mass is 15.1. The number of benzene rings is 1. The molecule has 0 aliphatic carbocycles. The van der Waals surface area contributed by atoms with Crippen LogP contribution in [0.2, 0.25) is 0 Å². The Kier molecular flexibility index (Phi) is 3.52. The Labute approximate surface area is 123 Å². The lowest BCUT2D eigenvalue weighted by Gasteiger charge is -2.08. The van der Waals surface area contributed by atoms with E-state index >= 15 is 0 Å². The molecular weight excluding hydrogens is 262 g/mol. The number of nitriles is 1. The highest BCUT2D eigenvalue weighted by Gasteiger charge is 2.08. The average molecular weight is 277 g/mol. The van der Waals surface area contributed by atoms with Crippen LogP contribution in [0.4, 0.5) is 0 Å². The van der Waals surface area contributed by atoms with E-state index in [1.807, 2.05) is 54.5 Å². The molecule has 1 aromatic carbocycles. The quantitative estimate of drug-likeness (QED) is 0.734. The predicted molar refractivity (Wildman–Crippen MR) is 78.5 cm³/mol. The standard InChI is InChI=1S/C16H15N5/c1-20-8-6-18-15(20)10-16-19-7-9-21(16)12-14-4-2-13(11-17)3-5-14/h2-9H,10,12H2,1H3. The first-order valence-corrected chi connectivity index (χ1v) is 6.71. The van der Waals surface area contributed by atoms with E-state index in [9.17, 15) is 0 Å². The number of aromatic nitrogens is 4. The van der Waals surface area contributed by atoms with Crippen LogP contribution < -0.4 is 0 Å². The Balaban J connectivity index is 1.79. The monoisotopic (exact) mass is 277 g/mol. The van der Waals surface area contributed by atoms with Crippen molar-refractivity contribution in [2.45, 2.75) is 13.0 Å². The van der Waals surface area contributed by atoms with Crippen LogP contribution in [0.1, 0.15) is 22.8 Å². The van der Waals surface area contributed by atoms with Crippen molar-refractivity contribution in [3.05, 3.63) is 71.8 Å². The molecule has 3 aromatic rings. The number of hydrogen-bond acceptors (Lipinski definition) is 3. The van der Waals surface area contributed by atoms with Crippen molar-refractivity contribution in [1.82, 2.24) is 19.1 Å². The van der Waals surface area contributed by atoms with E-state index < -0.39 is 0 Å². The smallest absolute Gasteiger partial charge is 0.116 e. The van der Waals surface area contributed by atoms with Gasteiger partial charge in [0.1, 0.15) is 11.6 Å². The summed E-state index contributed by atoms with van der Waals surface area (Å²) >= 11 is 0. The first-order chi connectivity index (χ1) is 10.3. The second-order valence-electron chi connectivity index (χ2n) is 4.91. The topological polar surface area (TPSA) is 59.4 Å². The number of nitrogens with zero attached hydrogens (tertiary/aromatic N) is 5. The molecule has 0 aliphatic rings. The minimum Gasteiger partial charge on any atom is -0.338 e. The fourth-order valence-corrected chi connectivity index (χ4v) is 2.24. The summed E-state index contributed by atoms with van der Waals surface area (Å²) in [5, 5.41) is 8.82. The summed E-state index contributed by atoms with van der Waals surface area (Å²) in [6, 6.07) is 9.76. The SMILES string of the molecule is Cn1ccnc1Cc1nccn1Cc1ccc(C#N)cc1. The number of imidazole rings is 2. The fourth-order valence-electron chi connectivity index (χ4n) is 2.24. The van der Waals surface area contributed by atoms with Gasteiger partial charge in [0.15, 0.2) is 0 Å². The summed E-state index contributed by atoms with van der Waals surface area (Å²) in [4.78, 5) is 8.75. The van der Waals surface area contributed by atoms with E-state index in [4.69, 9.17) is 5.26 Å². The molecule has 0 radical (unpaired) electrons. The maximum atomic E-state index is 8.82. The summed E-state index contributed by atoms with van der Waals surface area (Å²) in [7, 11) is 1.98. The first-order valence-electron chi connectivity index (χ1n) is 6.71. The molecule has 0 saturated carbocycles. The van der Waals surface area contributed by atoms with Gasteiger partial charge in [-0.05, 0) is 17.7 Å². The molecule has 0 amide bonds. The second-order valence-corrected chi connectivity index (χ2v) is 4.91. The van der Waals surface area contributed by atoms with Crippen molar-refractivity contribution >= 4 is 0 Å². The molecule has 0 aliphatic heterocycles. The summed E-state index contributed by atoms with van der Waals surface area (Å²) in [6.45, 7) is 0.742. The molecule has 0 unspecified atom stereocenters. The first kappa shape index (κ1) is 13.1. The van der Waals surface area contributed by atoms with Crippen LogP contribution in [0.15, 0.2) is 49.1 Å². The molecule has 0 fully saturated rings. The normalized spacial score (nSPS) is 10.5. The maximum absolute atomic E-state index is 8.82. The Morgan fingerprint density at radius 2 is 1.76 bits per heavy atom. The van der Waals surface area contributed by atoms with Crippen LogP contribution in [0, 0.1) is 11.3 Å². The van der Waals surface area contributed by atoms with E-state index in [-0.39, 0.29) is 0 Å². The number of hydrogen-bond donors (Lipinski definition) is 0. The lowest BCUT2D eigenvalue weighted by molar-refractivity contribution is 0.711. The van der Waals surface area contributed by atoms with Gasteiger partial charge in [-0.15, -0.1) is 0 Å². The summed E-state index contributed by atoms with van der Waals surface area (Å²) in [6.07, 6.45) is 8.21. The van der Waals surface area contributed by atoms with Crippen molar-refractivity contribution < 1.29 is 0 Å². The summed E-state index contributed by atoms with van der Waals surface area (Å²) < 4.78 is 4.11. The van der Waals surface area contributed by atoms with E-state index in [1.54, 1.807) is 6.20 Å². The van der Waals surface area contributed by atoms with Crippen LogP contribution in [0.25, 0.3) is 0 Å². The zero-order chi connectivity index (χ0) is 14.7. The third kappa shape index (κ3) is 2.84. The van der Waals surface area contributed by atoms with E-state index in [0.29, 0.717) is 12.0 Å². The van der Waals surface area contributed by atoms with Gasteiger partial charge in [-0.3, -0.25) is 0 Å². The third-order valence-corrected chi connectivity index (χ3v) is 3.47. The van der Waals surface area contributed by atoms with Crippen LogP contribution in [-0.4, -0.2) is 19.1 Å². The van der Waals surface area contributed by atoms with Crippen molar-refractivity contribution in [1.29, 1.82) is 5.26 Å². The Morgan fingerprint density at radius 1 is 1.05 bits per heavy atom. The fraction of sp³-hybridized carbons (Fsp3) is 0.188. The molecule has 0 spiro atoms. The van der Waals surface area contributed by atoms with Crippen molar-refractivity contribution in [3.63, 3.8) is 0 Å². The van der Waals surface area contributed by atoms with Gasteiger partial charge in [-0.1, -0.05) is 12.1 Å². The zero-order valence-electron chi connectivity index (χ0n) is 11.8. The minimum absolute atomic E-state index is 0.678. The van der Waals surface area contributed by atoms with Gasteiger partial charge in [-0.25, -0.2) is 9.97 Å². The Hall–Kier alpha value is -2.87. The number of rotatable bonds is 4. The summed E-state index contributed by atoms with van der Waals surface area (Å²) in [5.41, 5.74) is 1.82. The third-order valence-electron chi connectivity index (χ3n) is 3.47. The molecule has 5 heteroatoms. The Morgan fingerprint density at radius 3 is 2.43 bits per heavy atom. The van der Waals surface area contributed by atoms with Crippen molar-refractivity contribution in [3.8, 4) is 6.07 Å². The van der Waals surface area contributed by atoms with E-state index in [0.717, 1.165) is 23.8 Å². The molecule has 2 aromatic heterocycles. The van der Waals surface area contributed by atoms with Crippen LogP contribution in [-0.2, 0) is 20.0 Å². The summed E-state index contributed by atoms with van der Waals surface area (Å²) in [5.74, 6) is 1.97. The van der Waals surface area contributed by atoms with E-state index in [2.05, 4.69) is 20.6 Å². The van der Waals surface area contributed by atoms with Crippen LogP contribution in [0.3, 0.4) is 0 Å². The molecule has 0 atom stereocenters. The lowest BCUT2D eigenvalue weighted by atomic mass is 10.1. The molecule has 21 heavy (non-hydrogen) atoms. The molecule has 0 saturated heterocycles. The molecule has 104 valence electrons.